The van der Waals surface area contributed by atoms with Crippen LogP contribution < -0.4 is 16.8 Å². The van der Waals surface area contributed by atoms with Crippen LogP contribution in [-0.2, 0) is 11.2 Å². The first-order chi connectivity index (χ1) is 8.24. The zero-order valence-corrected chi connectivity index (χ0v) is 9.98. The molecule has 6 heteroatoms. The Hall–Kier alpha value is -1.40. The van der Waals surface area contributed by atoms with E-state index in [1.807, 2.05) is 6.20 Å². The number of nitrogens with two attached hydrogens (primary N) is 2. The first-order valence-corrected chi connectivity index (χ1v) is 5.94. The highest BCUT2D eigenvalue weighted by molar-refractivity contribution is 5.79. The summed E-state index contributed by atoms with van der Waals surface area (Å²) in [5.41, 5.74) is 11.7. The molecule has 1 amide bonds. The number of rotatable bonds is 9. The van der Waals surface area contributed by atoms with Gasteiger partial charge in [-0.15, -0.1) is 0 Å². The summed E-state index contributed by atoms with van der Waals surface area (Å²) in [6.45, 7) is 1.35. The summed E-state index contributed by atoms with van der Waals surface area (Å²) in [6, 6.07) is -0.263. The van der Waals surface area contributed by atoms with Gasteiger partial charge >= 0.3 is 0 Å². The van der Waals surface area contributed by atoms with Crippen LogP contribution in [0.25, 0.3) is 0 Å². The van der Waals surface area contributed by atoms with Gasteiger partial charge < -0.3 is 21.8 Å². The number of nitrogens with one attached hydrogen (secondary N) is 2. The molecule has 1 aromatic heterocycles. The van der Waals surface area contributed by atoms with Gasteiger partial charge in [0.2, 0.25) is 5.91 Å². The van der Waals surface area contributed by atoms with Crippen LogP contribution in [0, 0.1) is 0 Å². The lowest BCUT2D eigenvalue weighted by Crippen LogP contribution is -2.42. The molecule has 0 spiro atoms. The number of imidazole rings is 1. The second-order valence-corrected chi connectivity index (χ2v) is 4.00. The van der Waals surface area contributed by atoms with Crippen molar-refractivity contribution in [3.63, 3.8) is 0 Å². The molecular weight excluding hydrogens is 218 g/mol. The van der Waals surface area contributed by atoms with E-state index in [-0.39, 0.29) is 11.9 Å². The number of carbonyl (C=O) groups excluding carboxylic acids is 1. The number of hydrogen-bond acceptors (Lipinski definition) is 4. The molecule has 6 nitrogen and oxygen atoms in total. The normalized spacial score (nSPS) is 12.5. The smallest absolute Gasteiger partial charge is 0.234 e. The van der Waals surface area contributed by atoms with Crippen molar-refractivity contribution in [1.29, 1.82) is 0 Å². The summed E-state index contributed by atoms with van der Waals surface area (Å²) in [5, 5.41) is 3.15. The van der Waals surface area contributed by atoms with Gasteiger partial charge in [-0.25, -0.2) is 4.98 Å². The average Bonchev–Trinajstić information content (AvgIpc) is 2.80. The van der Waals surface area contributed by atoms with Crippen LogP contribution in [0.5, 0.6) is 0 Å². The summed E-state index contributed by atoms with van der Waals surface area (Å²) >= 11 is 0. The van der Waals surface area contributed by atoms with Crippen LogP contribution in [0.1, 0.15) is 25.0 Å². The molecule has 1 atom stereocenters. The Morgan fingerprint density at radius 3 is 2.94 bits per heavy atom. The maximum absolute atomic E-state index is 11.2. The third-order valence-electron chi connectivity index (χ3n) is 2.62. The second kappa shape index (κ2) is 7.81. The third kappa shape index (κ3) is 5.46. The highest BCUT2D eigenvalue weighted by Gasteiger charge is 2.13. The summed E-state index contributed by atoms with van der Waals surface area (Å²) < 4.78 is 0. The van der Waals surface area contributed by atoms with E-state index < -0.39 is 0 Å². The van der Waals surface area contributed by atoms with Gasteiger partial charge in [0.05, 0.1) is 18.1 Å². The first kappa shape index (κ1) is 13.7. The molecular formula is C11H21N5O. The standard InChI is InChI=1S/C11H21N5O/c12-5-2-1-3-10(11(13)17)15-6-4-9-7-14-8-16-9/h7-8,10,15H,1-6,12H2,(H2,13,17)(H,14,16)/t10-/m0/s1. The SMILES string of the molecule is NCCCC[C@H](NCCc1c[nH]cn1)C(N)=O. The monoisotopic (exact) mass is 239 g/mol. The number of aromatic nitrogens is 2. The summed E-state index contributed by atoms with van der Waals surface area (Å²) in [4.78, 5) is 18.2. The molecule has 0 aromatic carbocycles. The fourth-order valence-electron chi connectivity index (χ4n) is 1.64. The van der Waals surface area contributed by atoms with E-state index in [0.29, 0.717) is 13.1 Å². The molecule has 96 valence electrons. The molecule has 0 aliphatic heterocycles. The Labute approximate surface area is 101 Å². The molecule has 0 radical (unpaired) electrons. The molecule has 6 N–H and O–H groups in total. The molecule has 0 unspecified atom stereocenters. The Balaban J connectivity index is 2.22. The van der Waals surface area contributed by atoms with Gasteiger partial charge in [0.25, 0.3) is 0 Å². The third-order valence-corrected chi connectivity index (χ3v) is 2.62. The number of primary amides is 1. The van der Waals surface area contributed by atoms with Crippen molar-refractivity contribution in [2.24, 2.45) is 11.5 Å². The van der Waals surface area contributed by atoms with Crippen LogP contribution in [0.2, 0.25) is 0 Å². The molecule has 0 bridgehead atoms. The first-order valence-electron chi connectivity index (χ1n) is 5.94. The summed E-state index contributed by atoms with van der Waals surface area (Å²) in [6.07, 6.45) is 6.85. The van der Waals surface area contributed by atoms with Crippen LogP contribution in [0.4, 0.5) is 0 Å². The molecule has 0 aliphatic rings. The van der Waals surface area contributed by atoms with Gasteiger partial charge in [0, 0.05) is 19.2 Å². The fourth-order valence-corrected chi connectivity index (χ4v) is 1.64. The zero-order valence-electron chi connectivity index (χ0n) is 9.98. The van der Waals surface area contributed by atoms with E-state index in [4.69, 9.17) is 11.5 Å². The average molecular weight is 239 g/mol. The number of amides is 1. The summed E-state index contributed by atoms with van der Waals surface area (Å²) in [7, 11) is 0. The van der Waals surface area contributed by atoms with Crippen LogP contribution in [0.15, 0.2) is 12.5 Å². The topological polar surface area (TPSA) is 110 Å². The van der Waals surface area contributed by atoms with Crippen molar-refractivity contribution in [3.05, 3.63) is 18.2 Å². The minimum Gasteiger partial charge on any atom is -0.368 e. The largest absolute Gasteiger partial charge is 0.368 e. The Kier molecular flexibility index (Phi) is 6.27. The molecule has 1 rings (SSSR count). The molecule has 1 heterocycles. The lowest BCUT2D eigenvalue weighted by Gasteiger charge is -2.14. The summed E-state index contributed by atoms with van der Waals surface area (Å²) in [5.74, 6) is -0.302. The van der Waals surface area contributed by atoms with Gasteiger partial charge in [-0.3, -0.25) is 4.79 Å². The predicted molar refractivity (Wildman–Crippen MR) is 66.2 cm³/mol. The predicted octanol–water partition coefficient (Wildman–Crippen LogP) is -0.475. The number of unbranched alkanes of at least 4 members (excludes halogenated alkanes) is 1. The number of H-pyrrole nitrogens is 1. The van der Waals surface area contributed by atoms with Gasteiger partial charge in [0.15, 0.2) is 0 Å². The highest BCUT2D eigenvalue weighted by Crippen LogP contribution is 2.00. The lowest BCUT2D eigenvalue weighted by molar-refractivity contribution is -0.120. The quantitative estimate of drug-likeness (QED) is 0.436. The number of nitrogens with zero attached hydrogens (tertiary/aromatic N) is 1. The zero-order chi connectivity index (χ0) is 12.5. The van der Waals surface area contributed by atoms with Crippen molar-refractivity contribution < 1.29 is 4.79 Å². The van der Waals surface area contributed by atoms with Gasteiger partial charge in [-0.1, -0.05) is 6.42 Å². The molecule has 1 aromatic rings. The Bertz CT molecular complexity index is 312. The van der Waals surface area contributed by atoms with E-state index in [1.165, 1.54) is 0 Å². The van der Waals surface area contributed by atoms with Crippen molar-refractivity contribution in [2.75, 3.05) is 13.1 Å². The van der Waals surface area contributed by atoms with Gasteiger partial charge in [-0.05, 0) is 19.4 Å². The van der Waals surface area contributed by atoms with Gasteiger partial charge in [-0.2, -0.15) is 0 Å². The van der Waals surface area contributed by atoms with E-state index >= 15 is 0 Å². The maximum Gasteiger partial charge on any atom is 0.234 e. The Morgan fingerprint density at radius 2 is 2.35 bits per heavy atom. The van der Waals surface area contributed by atoms with Crippen LogP contribution >= 0.6 is 0 Å². The van der Waals surface area contributed by atoms with E-state index in [0.717, 1.165) is 31.4 Å². The van der Waals surface area contributed by atoms with Crippen molar-refractivity contribution in [1.82, 2.24) is 15.3 Å². The van der Waals surface area contributed by atoms with Crippen LogP contribution in [-0.4, -0.2) is 35.0 Å². The Morgan fingerprint density at radius 1 is 1.53 bits per heavy atom. The van der Waals surface area contributed by atoms with Gasteiger partial charge in [0.1, 0.15) is 0 Å². The lowest BCUT2D eigenvalue weighted by atomic mass is 10.1. The fraction of sp³-hybridized carbons (Fsp3) is 0.636. The molecule has 0 fully saturated rings. The van der Waals surface area contributed by atoms with E-state index in [1.54, 1.807) is 6.33 Å². The molecule has 17 heavy (non-hydrogen) atoms. The van der Waals surface area contributed by atoms with Crippen molar-refractivity contribution in [3.8, 4) is 0 Å². The maximum atomic E-state index is 11.2. The van der Waals surface area contributed by atoms with E-state index in [9.17, 15) is 4.79 Å². The number of hydrogen-bond donors (Lipinski definition) is 4. The molecule has 0 saturated carbocycles. The minimum absolute atomic E-state index is 0.263. The number of aromatic amines is 1. The number of carbonyl (C=O) groups is 1. The second-order valence-electron chi connectivity index (χ2n) is 4.00. The molecule has 0 saturated heterocycles. The minimum atomic E-state index is -0.302. The highest BCUT2D eigenvalue weighted by atomic mass is 16.1. The van der Waals surface area contributed by atoms with Crippen molar-refractivity contribution >= 4 is 5.91 Å². The van der Waals surface area contributed by atoms with Crippen molar-refractivity contribution in [2.45, 2.75) is 31.7 Å². The molecule has 0 aliphatic carbocycles. The van der Waals surface area contributed by atoms with E-state index in [2.05, 4.69) is 15.3 Å². The van der Waals surface area contributed by atoms with Crippen LogP contribution in [0.3, 0.4) is 0 Å².